The number of nitrogens with zero attached hydrogens (tertiary/aromatic N) is 1. The van der Waals surface area contributed by atoms with Gasteiger partial charge in [-0.25, -0.2) is 4.79 Å². The van der Waals surface area contributed by atoms with Gasteiger partial charge in [-0.1, -0.05) is 20.8 Å². The zero-order chi connectivity index (χ0) is 17.1. The standard InChI is InChI=1S/C18H33NO3/c1-12(2)16(20)18(7)10-8-9-15(18)11-22-17(21)19(13(3)4)14(5)6/h11-14,16,20H,8-10H2,1-7H3/b15-11-/t16-,18+/m1/s1. The van der Waals surface area contributed by atoms with Gasteiger partial charge in [0.05, 0.1) is 12.4 Å². The van der Waals surface area contributed by atoms with Gasteiger partial charge >= 0.3 is 6.09 Å². The number of carbonyl (C=O) groups excluding carboxylic acids is 1. The van der Waals surface area contributed by atoms with Crippen LogP contribution in [0.4, 0.5) is 4.79 Å². The summed E-state index contributed by atoms with van der Waals surface area (Å²) in [7, 11) is 0. The number of aliphatic hydroxyl groups excluding tert-OH is 1. The zero-order valence-electron chi connectivity index (χ0n) is 15.2. The molecule has 1 rings (SSSR count). The molecule has 0 radical (unpaired) electrons. The number of hydrogen-bond acceptors (Lipinski definition) is 3. The van der Waals surface area contributed by atoms with Crippen LogP contribution in [0, 0.1) is 11.3 Å². The van der Waals surface area contributed by atoms with Crippen LogP contribution < -0.4 is 0 Å². The summed E-state index contributed by atoms with van der Waals surface area (Å²) >= 11 is 0. The van der Waals surface area contributed by atoms with E-state index in [9.17, 15) is 9.90 Å². The predicted octanol–water partition coefficient (Wildman–Crippen LogP) is 4.33. The molecule has 22 heavy (non-hydrogen) atoms. The molecule has 0 unspecified atom stereocenters. The fraction of sp³-hybridized carbons (Fsp3) is 0.833. The Morgan fingerprint density at radius 2 is 1.77 bits per heavy atom. The van der Waals surface area contributed by atoms with Gasteiger partial charge in [0, 0.05) is 17.5 Å². The monoisotopic (exact) mass is 311 g/mol. The van der Waals surface area contributed by atoms with E-state index in [0.29, 0.717) is 0 Å². The molecule has 0 aliphatic heterocycles. The van der Waals surface area contributed by atoms with E-state index < -0.39 is 6.10 Å². The molecule has 0 bridgehead atoms. The van der Waals surface area contributed by atoms with Crippen LogP contribution in [0.2, 0.25) is 0 Å². The molecular weight excluding hydrogens is 278 g/mol. The van der Waals surface area contributed by atoms with Gasteiger partial charge in [0.2, 0.25) is 0 Å². The number of amides is 1. The minimum absolute atomic E-state index is 0.0992. The van der Waals surface area contributed by atoms with Crippen LogP contribution in [0.3, 0.4) is 0 Å². The van der Waals surface area contributed by atoms with Crippen molar-refractivity contribution in [2.45, 2.75) is 85.9 Å². The van der Waals surface area contributed by atoms with E-state index in [1.807, 2.05) is 41.5 Å². The summed E-state index contributed by atoms with van der Waals surface area (Å²) in [5.41, 5.74) is 0.768. The summed E-state index contributed by atoms with van der Waals surface area (Å²) < 4.78 is 5.45. The summed E-state index contributed by atoms with van der Waals surface area (Å²) in [5, 5.41) is 10.5. The third-order valence-corrected chi connectivity index (χ3v) is 4.79. The molecule has 1 saturated carbocycles. The number of ether oxygens (including phenoxy) is 1. The first-order chi connectivity index (χ1) is 10.1. The Morgan fingerprint density at radius 1 is 1.23 bits per heavy atom. The van der Waals surface area contributed by atoms with E-state index >= 15 is 0 Å². The highest BCUT2D eigenvalue weighted by atomic mass is 16.5. The molecule has 0 aromatic heterocycles. The molecule has 2 atom stereocenters. The highest BCUT2D eigenvalue weighted by molar-refractivity contribution is 5.69. The Labute approximate surface area is 135 Å². The quantitative estimate of drug-likeness (QED) is 0.769. The minimum atomic E-state index is -0.411. The van der Waals surface area contributed by atoms with Crippen molar-refractivity contribution in [3.63, 3.8) is 0 Å². The molecule has 0 saturated heterocycles. The fourth-order valence-electron chi connectivity index (χ4n) is 3.56. The molecule has 1 fully saturated rings. The second-order valence-electron chi connectivity index (χ2n) is 7.58. The van der Waals surface area contributed by atoms with Crippen LogP contribution in [-0.2, 0) is 4.74 Å². The van der Waals surface area contributed by atoms with E-state index in [1.54, 1.807) is 11.2 Å². The molecule has 1 amide bonds. The molecule has 0 aromatic carbocycles. The zero-order valence-corrected chi connectivity index (χ0v) is 15.2. The third kappa shape index (κ3) is 4.03. The van der Waals surface area contributed by atoms with Crippen molar-refractivity contribution < 1.29 is 14.6 Å². The first kappa shape index (κ1) is 19.0. The molecule has 1 N–H and O–H groups in total. The van der Waals surface area contributed by atoms with E-state index in [0.717, 1.165) is 24.8 Å². The van der Waals surface area contributed by atoms with E-state index in [1.165, 1.54) is 0 Å². The van der Waals surface area contributed by atoms with E-state index in [2.05, 4.69) is 6.92 Å². The molecule has 4 nitrogen and oxygen atoms in total. The van der Waals surface area contributed by atoms with Gasteiger partial charge in [0.15, 0.2) is 0 Å². The topological polar surface area (TPSA) is 49.8 Å². The summed E-state index contributed by atoms with van der Waals surface area (Å²) in [4.78, 5) is 14.0. The van der Waals surface area contributed by atoms with Crippen LogP contribution in [0.25, 0.3) is 0 Å². The Kier molecular flexibility index (Phi) is 6.48. The molecule has 1 aliphatic rings. The van der Waals surface area contributed by atoms with Crippen molar-refractivity contribution in [1.29, 1.82) is 0 Å². The summed E-state index contributed by atoms with van der Waals surface area (Å²) in [6.07, 6.45) is 3.72. The first-order valence-corrected chi connectivity index (χ1v) is 8.47. The second kappa shape index (κ2) is 7.49. The van der Waals surface area contributed by atoms with Crippen molar-refractivity contribution in [2.75, 3.05) is 0 Å². The first-order valence-electron chi connectivity index (χ1n) is 8.47. The van der Waals surface area contributed by atoms with Gasteiger partial charge in [-0.3, -0.25) is 0 Å². The Bertz CT molecular complexity index is 407. The van der Waals surface area contributed by atoms with Gasteiger partial charge in [-0.2, -0.15) is 0 Å². The lowest BCUT2D eigenvalue weighted by molar-refractivity contribution is 0.0257. The molecular formula is C18H33NO3. The van der Waals surface area contributed by atoms with Crippen molar-refractivity contribution in [2.24, 2.45) is 11.3 Å². The largest absolute Gasteiger partial charge is 0.418 e. The maximum atomic E-state index is 12.3. The minimum Gasteiger partial charge on any atom is -0.418 e. The molecule has 0 heterocycles. The predicted molar refractivity (Wildman–Crippen MR) is 89.5 cm³/mol. The lowest BCUT2D eigenvalue weighted by atomic mass is 9.75. The summed E-state index contributed by atoms with van der Waals surface area (Å²) in [6.45, 7) is 14.1. The van der Waals surface area contributed by atoms with Crippen LogP contribution in [0.1, 0.15) is 67.7 Å². The third-order valence-electron chi connectivity index (χ3n) is 4.79. The molecule has 4 heteroatoms. The van der Waals surface area contributed by atoms with Crippen LogP contribution in [0.5, 0.6) is 0 Å². The van der Waals surface area contributed by atoms with Crippen molar-refractivity contribution >= 4 is 6.09 Å². The average Bonchev–Trinajstić information content (AvgIpc) is 2.76. The molecule has 0 spiro atoms. The number of rotatable bonds is 5. The van der Waals surface area contributed by atoms with Crippen LogP contribution in [-0.4, -0.2) is 34.3 Å². The SMILES string of the molecule is CC(C)[C@@H](O)[C@@]1(C)CCC/C1=C/OC(=O)N(C(C)C)C(C)C. The van der Waals surface area contributed by atoms with Crippen molar-refractivity contribution in [3.05, 3.63) is 11.8 Å². The van der Waals surface area contributed by atoms with E-state index in [4.69, 9.17) is 4.74 Å². The Balaban J connectivity index is 2.86. The van der Waals surface area contributed by atoms with Crippen LogP contribution >= 0.6 is 0 Å². The average molecular weight is 311 g/mol. The summed E-state index contributed by atoms with van der Waals surface area (Å²) in [5.74, 6) is 0.185. The number of aliphatic hydroxyl groups is 1. The van der Waals surface area contributed by atoms with Gasteiger partial charge < -0.3 is 14.7 Å². The summed E-state index contributed by atoms with van der Waals surface area (Å²) in [6, 6.07) is 0.198. The molecule has 128 valence electrons. The van der Waals surface area contributed by atoms with Gasteiger partial charge in [0.25, 0.3) is 0 Å². The number of hydrogen-bond donors (Lipinski definition) is 1. The van der Waals surface area contributed by atoms with Gasteiger partial charge in [-0.05, 0) is 58.4 Å². The maximum Gasteiger partial charge on any atom is 0.415 e. The Morgan fingerprint density at radius 3 is 2.23 bits per heavy atom. The lowest BCUT2D eigenvalue weighted by Crippen LogP contribution is -2.42. The Hall–Kier alpha value is -1.03. The van der Waals surface area contributed by atoms with Gasteiger partial charge in [0.1, 0.15) is 0 Å². The maximum absolute atomic E-state index is 12.3. The lowest BCUT2D eigenvalue weighted by Gasteiger charge is -2.34. The molecule has 0 aromatic rings. The highest BCUT2D eigenvalue weighted by Gasteiger charge is 2.42. The van der Waals surface area contributed by atoms with Gasteiger partial charge in [-0.15, -0.1) is 0 Å². The van der Waals surface area contributed by atoms with Crippen molar-refractivity contribution in [1.82, 2.24) is 4.90 Å². The smallest absolute Gasteiger partial charge is 0.415 e. The molecule has 1 aliphatic carbocycles. The normalized spacial score (nSPS) is 25.3. The second-order valence-corrected chi connectivity index (χ2v) is 7.58. The van der Waals surface area contributed by atoms with Crippen molar-refractivity contribution in [3.8, 4) is 0 Å². The number of carbonyl (C=O) groups is 1. The van der Waals surface area contributed by atoms with E-state index in [-0.39, 0.29) is 29.5 Å². The van der Waals surface area contributed by atoms with Crippen LogP contribution in [0.15, 0.2) is 11.8 Å². The fourth-order valence-corrected chi connectivity index (χ4v) is 3.56. The highest BCUT2D eigenvalue weighted by Crippen LogP contribution is 2.47.